The van der Waals surface area contributed by atoms with Gasteiger partial charge in [-0.15, -0.1) is 0 Å². The summed E-state index contributed by atoms with van der Waals surface area (Å²) in [4.78, 5) is 25.2. The van der Waals surface area contributed by atoms with Crippen LogP contribution in [0.5, 0.6) is 0 Å². The molecule has 120 valence electrons. The van der Waals surface area contributed by atoms with E-state index in [4.69, 9.17) is 4.74 Å². The van der Waals surface area contributed by atoms with E-state index in [-0.39, 0.29) is 24.5 Å². The Kier molecular flexibility index (Phi) is 4.56. The van der Waals surface area contributed by atoms with Gasteiger partial charge in [0.2, 0.25) is 11.8 Å². The number of alkyl halides is 1. The molecule has 2 aliphatic heterocycles. The van der Waals surface area contributed by atoms with Crippen molar-refractivity contribution in [3.05, 3.63) is 0 Å². The number of carbonyl (C=O) groups is 2. The standard InChI is InChI=1S/C15H25FN2O3/c1-9(2)21-13-10(16)7-18(8-15(13,3)4)14(20)11-5-6-12(19)17-11/h9-11,13H,5-8H2,1-4H3,(H,17,19)/t10-,11-,13-/m0/s1. The monoisotopic (exact) mass is 300 g/mol. The molecule has 0 unspecified atom stereocenters. The van der Waals surface area contributed by atoms with Crippen LogP contribution in [-0.4, -0.2) is 54.2 Å². The molecule has 0 aromatic rings. The van der Waals surface area contributed by atoms with Crippen molar-refractivity contribution in [3.8, 4) is 0 Å². The van der Waals surface area contributed by atoms with Gasteiger partial charge < -0.3 is 15.0 Å². The highest BCUT2D eigenvalue weighted by molar-refractivity contribution is 5.90. The van der Waals surface area contributed by atoms with Crippen LogP contribution >= 0.6 is 0 Å². The molecule has 2 saturated heterocycles. The van der Waals surface area contributed by atoms with E-state index in [9.17, 15) is 14.0 Å². The summed E-state index contributed by atoms with van der Waals surface area (Å²) in [5.74, 6) is -0.290. The van der Waals surface area contributed by atoms with Gasteiger partial charge in [0.25, 0.3) is 0 Å². The van der Waals surface area contributed by atoms with E-state index in [1.165, 1.54) is 4.90 Å². The minimum absolute atomic E-state index is 0.0338. The molecule has 0 saturated carbocycles. The highest BCUT2D eigenvalue weighted by atomic mass is 19.1. The zero-order valence-corrected chi connectivity index (χ0v) is 13.2. The van der Waals surface area contributed by atoms with Crippen LogP contribution in [0.1, 0.15) is 40.5 Å². The fourth-order valence-electron chi connectivity index (χ4n) is 3.19. The lowest BCUT2D eigenvalue weighted by atomic mass is 9.79. The van der Waals surface area contributed by atoms with Crippen molar-refractivity contribution in [1.29, 1.82) is 0 Å². The number of amides is 2. The van der Waals surface area contributed by atoms with Crippen molar-refractivity contribution in [3.63, 3.8) is 0 Å². The third kappa shape index (κ3) is 3.54. The van der Waals surface area contributed by atoms with Crippen LogP contribution in [0.3, 0.4) is 0 Å². The van der Waals surface area contributed by atoms with Crippen molar-refractivity contribution in [2.75, 3.05) is 13.1 Å². The number of hydrogen-bond acceptors (Lipinski definition) is 3. The molecule has 2 rings (SSSR count). The molecule has 5 nitrogen and oxygen atoms in total. The number of hydrogen-bond donors (Lipinski definition) is 1. The van der Waals surface area contributed by atoms with Gasteiger partial charge in [-0.2, -0.15) is 0 Å². The van der Waals surface area contributed by atoms with Crippen LogP contribution in [0.15, 0.2) is 0 Å². The van der Waals surface area contributed by atoms with Gasteiger partial charge in [-0.05, 0) is 20.3 Å². The molecule has 2 amide bonds. The molecule has 0 bridgehead atoms. The first kappa shape index (κ1) is 16.2. The lowest BCUT2D eigenvalue weighted by molar-refractivity contribution is -0.158. The number of carbonyl (C=O) groups excluding carboxylic acids is 2. The molecule has 2 heterocycles. The van der Waals surface area contributed by atoms with E-state index in [1.54, 1.807) is 0 Å². The Morgan fingerprint density at radius 3 is 2.62 bits per heavy atom. The van der Waals surface area contributed by atoms with Crippen LogP contribution in [0.25, 0.3) is 0 Å². The first-order chi connectivity index (χ1) is 9.70. The Balaban J connectivity index is 2.05. The van der Waals surface area contributed by atoms with Crippen LogP contribution in [-0.2, 0) is 14.3 Å². The SMILES string of the molecule is CC(C)O[C@H]1[C@@H](F)CN(C(=O)[C@@H]2CCC(=O)N2)CC1(C)C. The van der Waals surface area contributed by atoms with Crippen LogP contribution in [0.4, 0.5) is 4.39 Å². The molecule has 0 spiro atoms. The summed E-state index contributed by atoms with van der Waals surface area (Å²) < 4.78 is 20.2. The number of rotatable bonds is 3. The van der Waals surface area contributed by atoms with Gasteiger partial charge in [0.15, 0.2) is 0 Å². The highest BCUT2D eigenvalue weighted by Gasteiger charge is 2.46. The zero-order valence-electron chi connectivity index (χ0n) is 13.2. The number of nitrogens with one attached hydrogen (secondary N) is 1. The van der Waals surface area contributed by atoms with Crippen molar-refractivity contribution < 1.29 is 18.7 Å². The number of piperidine rings is 1. The minimum Gasteiger partial charge on any atom is -0.372 e. The van der Waals surface area contributed by atoms with Crippen molar-refractivity contribution in [1.82, 2.24) is 10.2 Å². The number of likely N-dealkylation sites (tertiary alicyclic amines) is 1. The third-order valence-electron chi connectivity index (χ3n) is 4.12. The molecular weight excluding hydrogens is 275 g/mol. The molecule has 6 heteroatoms. The van der Waals surface area contributed by atoms with E-state index < -0.39 is 23.7 Å². The lowest BCUT2D eigenvalue weighted by Gasteiger charge is -2.46. The van der Waals surface area contributed by atoms with Gasteiger partial charge in [0.1, 0.15) is 12.2 Å². The maximum atomic E-state index is 14.5. The predicted octanol–water partition coefficient (Wildman–Crippen LogP) is 1.27. The molecular formula is C15H25FN2O3. The average Bonchev–Trinajstić information content (AvgIpc) is 2.79. The molecule has 0 aliphatic carbocycles. The summed E-state index contributed by atoms with van der Waals surface area (Å²) in [5, 5.41) is 2.65. The first-order valence-corrected chi connectivity index (χ1v) is 7.58. The predicted molar refractivity (Wildman–Crippen MR) is 76.4 cm³/mol. The Labute approximate surface area is 125 Å². The summed E-state index contributed by atoms with van der Waals surface area (Å²) in [5.41, 5.74) is -0.458. The maximum Gasteiger partial charge on any atom is 0.245 e. The van der Waals surface area contributed by atoms with Crippen molar-refractivity contribution >= 4 is 11.8 Å². The number of nitrogens with zero attached hydrogens (tertiary/aromatic N) is 1. The van der Waals surface area contributed by atoms with Gasteiger partial charge in [-0.1, -0.05) is 13.8 Å². The van der Waals surface area contributed by atoms with Crippen LogP contribution in [0.2, 0.25) is 0 Å². The van der Waals surface area contributed by atoms with Crippen molar-refractivity contribution in [2.24, 2.45) is 5.41 Å². The molecule has 2 aliphatic rings. The van der Waals surface area contributed by atoms with Gasteiger partial charge in [0.05, 0.1) is 18.8 Å². The Bertz CT molecular complexity index is 425. The number of ether oxygens (including phenoxy) is 1. The minimum atomic E-state index is -1.21. The molecule has 3 atom stereocenters. The summed E-state index contributed by atoms with van der Waals surface area (Å²) in [6, 6.07) is -0.497. The molecule has 0 aromatic carbocycles. The van der Waals surface area contributed by atoms with E-state index in [1.807, 2.05) is 27.7 Å². The highest BCUT2D eigenvalue weighted by Crippen LogP contribution is 2.34. The van der Waals surface area contributed by atoms with Crippen LogP contribution < -0.4 is 5.32 Å². The Morgan fingerprint density at radius 1 is 1.48 bits per heavy atom. The smallest absolute Gasteiger partial charge is 0.245 e. The zero-order chi connectivity index (χ0) is 15.8. The van der Waals surface area contributed by atoms with Gasteiger partial charge in [0, 0.05) is 18.4 Å². The quantitative estimate of drug-likeness (QED) is 0.854. The normalized spacial score (nSPS) is 32.4. The maximum absolute atomic E-state index is 14.5. The summed E-state index contributed by atoms with van der Waals surface area (Å²) in [6.45, 7) is 8.07. The van der Waals surface area contributed by atoms with Gasteiger partial charge in [-0.3, -0.25) is 9.59 Å². The number of halogens is 1. The van der Waals surface area contributed by atoms with E-state index in [0.717, 1.165) is 0 Å². The van der Waals surface area contributed by atoms with Gasteiger partial charge in [-0.25, -0.2) is 4.39 Å². The molecule has 2 fully saturated rings. The molecule has 1 N–H and O–H groups in total. The molecule has 0 aromatic heterocycles. The van der Waals surface area contributed by atoms with E-state index in [2.05, 4.69) is 5.32 Å². The second kappa shape index (κ2) is 5.91. The first-order valence-electron chi connectivity index (χ1n) is 7.58. The summed E-state index contributed by atoms with van der Waals surface area (Å²) in [7, 11) is 0. The summed E-state index contributed by atoms with van der Waals surface area (Å²) in [6.07, 6.45) is -0.913. The topological polar surface area (TPSA) is 58.6 Å². The summed E-state index contributed by atoms with van der Waals surface area (Å²) >= 11 is 0. The van der Waals surface area contributed by atoms with Crippen molar-refractivity contribution in [2.45, 2.75) is 65.0 Å². The van der Waals surface area contributed by atoms with E-state index >= 15 is 0 Å². The fourth-order valence-corrected chi connectivity index (χ4v) is 3.19. The van der Waals surface area contributed by atoms with E-state index in [0.29, 0.717) is 19.4 Å². The largest absolute Gasteiger partial charge is 0.372 e. The third-order valence-corrected chi connectivity index (χ3v) is 4.12. The van der Waals surface area contributed by atoms with Gasteiger partial charge >= 0.3 is 0 Å². The lowest BCUT2D eigenvalue weighted by Crippen LogP contribution is -2.60. The Hall–Kier alpha value is -1.17. The average molecular weight is 300 g/mol. The second-order valence-corrected chi connectivity index (χ2v) is 6.99. The molecule has 0 radical (unpaired) electrons. The molecule has 21 heavy (non-hydrogen) atoms. The second-order valence-electron chi connectivity index (χ2n) is 6.99. The fraction of sp³-hybridized carbons (Fsp3) is 0.867. The Morgan fingerprint density at radius 2 is 2.14 bits per heavy atom. The van der Waals surface area contributed by atoms with Crippen LogP contribution in [0, 0.1) is 5.41 Å².